The Kier molecular flexibility index (Phi) is 3.91. The summed E-state index contributed by atoms with van der Waals surface area (Å²) in [6.45, 7) is 0. The highest BCUT2D eigenvalue weighted by molar-refractivity contribution is 6.30. The highest BCUT2D eigenvalue weighted by Gasteiger charge is 2.60. The summed E-state index contributed by atoms with van der Waals surface area (Å²) in [6, 6.07) is 20.1. The molecule has 5 rings (SSSR count). The Hall–Kier alpha value is -1.64. The van der Waals surface area contributed by atoms with Gasteiger partial charge in [-0.25, -0.2) is 0 Å². The fourth-order valence-electron chi connectivity index (χ4n) is 4.80. The van der Waals surface area contributed by atoms with Crippen molar-refractivity contribution in [2.75, 3.05) is 0 Å². The van der Waals surface area contributed by atoms with Gasteiger partial charge in [0, 0.05) is 5.02 Å². The lowest BCUT2D eigenvalue weighted by molar-refractivity contribution is 0.219. The third-order valence-electron chi connectivity index (χ3n) is 6.06. The van der Waals surface area contributed by atoms with Crippen LogP contribution < -0.4 is 0 Å². The minimum atomic E-state index is 0.362. The fraction of sp³-hybridized carbons (Fsp3) is 0.409. The van der Waals surface area contributed by atoms with Crippen LogP contribution in [-0.4, -0.2) is 22.8 Å². The van der Waals surface area contributed by atoms with E-state index in [0.29, 0.717) is 18.2 Å². The number of fused-ring (bicyclic) bond motifs is 1. The summed E-state index contributed by atoms with van der Waals surface area (Å²) >= 11 is 6.09. The molecule has 0 N–H and O–H groups in total. The average Bonchev–Trinajstić information content (AvgIpc) is 3.28. The second-order valence-electron chi connectivity index (χ2n) is 7.58. The monoisotopic (exact) mass is 350 g/mol. The Labute approximate surface area is 154 Å². The molecule has 1 saturated heterocycles. The highest BCUT2D eigenvalue weighted by atomic mass is 35.5. The quantitative estimate of drug-likeness (QED) is 0.669. The molecule has 0 radical (unpaired) electrons. The first-order valence-electron chi connectivity index (χ1n) is 9.49. The maximum atomic E-state index is 6.09. The van der Waals surface area contributed by atoms with Crippen LogP contribution in [0.4, 0.5) is 0 Å². The van der Waals surface area contributed by atoms with Crippen LogP contribution in [0, 0.1) is 5.92 Å². The summed E-state index contributed by atoms with van der Waals surface area (Å²) in [6.07, 6.45) is 7.13. The number of hydrogen-bond acceptors (Lipinski definition) is 2. The number of rotatable bonds is 3. The zero-order chi connectivity index (χ0) is 16.8. The summed E-state index contributed by atoms with van der Waals surface area (Å²) in [4.78, 5) is 7.87. The van der Waals surface area contributed by atoms with Crippen molar-refractivity contribution < 1.29 is 0 Å². The normalized spacial score (nSPS) is 31.5. The Bertz CT molecular complexity index is 777. The van der Waals surface area contributed by atoms with Crippen molar-refractivity contribution in [1.82, 2.24) is 4.90 Å². The summed E-state index contributed by atoms with van der Waals surface area (Å²) in [5, 5.41) is 0.790. The van der Waals surface area contributed by atoms with Gasteiger partial charge in [0.25, 0.3) is 0 Å². The summed E-state index contributed by atoms with van der Waals surface area (Å²) in [5.41, 5.74) is 3.92. The molecule has 1 aliphatic carbocycles. The van der Waals surface area contributed by atoms with Gasteiger partial charge < -0.3 is 0 Å². The van der Waals surface area contributed by atoms with E-state index in [-0.39, 0.29) is 0 Å². The van der Waals surface area contributed by atoms with Crippen LogP contribution in [0.2, 0.25) is 5.02 Å². The Morgan fingerprint density at radius 3 is 2.28 bits per heavy atom. The van der Waals surface area contributed by atoms with Crippen molar-refractivity contribution in [3.63, 3.8) is 0 Å². The SMILES string of the molecule is Clc1ccc(C2=N[C@@H](C3CCCCC3)N3[C@H]2[C@H]3c2ccccc2)cc1. The zero-order valence-electron chi connectivity index (χ0n) is 14.3. The predicted octanol–water partition coefficient (Wildman–Crippen LogP) is 5.47. The lowest BCUT2D eigenvalue weighted by Crippen LogP contribution is -2.27. The molecule has 1 unspecified atom stereocenters. The lowest BCUT2D eigenvalue weighted by Gasteiger charge is -2.28. The molecule has 0 amide bonds. The van der Waals surface area contributed by atoms with Gasteiger partial charge in [0.05, 0.1) is 17.8 Å². The molecule has 2 aromatic rings. The van der Waals surface area contributed by atoms with E-state index >= 15 is 0 Å². The number of halogens is 1. The molecule has 2 fully saturated rings. The van der Waals surface area contributed by atoms with Gasteiger partial charge in [0.15, 0.2) is 0 Å². The highest BCUT2D eigenvalue weighted by Crippen LogP contribution is 2.53. The van der Waals surface area contributed by atoms with Gasteiger partial charge in [-0.1, -0.05) is 73.3 Å². The number of aliphatic imine (C=N–C) groups is 1. The third-order valence-corrected chi connectivity index (χ3v) is 6.31. The van der Waals surface area contributed by atoms with Crippen LogP contribution in [0.15, 0.2) is 59.6 Å². The van der Waals surface area contributed by atoms with Crippen molar-refractivity contribution in [2.24, 2.45) is 10.9 Å². The molecule has 0 aromatic heterocycles. The molecule has 2 aromatic carbocycles. The van der Waals surface area contributed by atoms with E-state index in [0.717, 1.165) is 10.9 Å². The average molecular weight is 351 g/mol. The Balaban J connectivity index is 1.50. The van der Waals surface area contributed by atoms with E-state index in [2.05, 4.69) is 47.4 Å². The van der Waals surface area contributed by atoms with E-state index in [1.807, 2.05) is 12.1 Å². The van der Waals surface area contributed by atoms with Gasteiger partial charge in [-0.3, -0.25) is 9.89 Å². The second-order valence-corrected chi connectivity index (χ2v) is 8.02. The minimum absolute atomic E-state index is 0.362. The molecule has 1 saturated carbocycles. The van der Waals surface area contributed by atoms with Crippen LogP contribution in [0.1, 0.15) is 49.3 Å². The van der Waals surface area contributed by atoms with Crippen molar-refractivity contribution in [3.8, 4) is 0 Å². The maximum Gasteiger partial charge on any atom is 0.106 e. The van der Waals surface area contributed by atoms with Crippen LogP contribution in [0.5, 0.6) is 0 Å². The topological polar surface area (TPSA) is 15.4 Å². The molecule has 128 valence electrons. The van der Waals surface area contributed by atoms with E-state index in [4.69, 9.17) is 16.6 Å². The largest absolute Gasteiger partial charge is 0.268 e. The first-order valence-corrected chi connectivity index (χ1v) is 9.87. The minimum Gasteiger partial charge on any atom is -0.268 e. The lowest BCUT2D eigenvalue weighted by atomic mass is 9.87. The molecule has 2 aliphatic heterocycles. The van der Waals surface area contributed by atoms with Gasteiger partial charge in [-0.05, 0) is 42.0 Å². The number of benzene rings is 2. The van der Waals surface area contributed by atoms with Gasteiger partial charge >= 0.3 is 0 Å². The first kappa shape index (κ1) is 15.6. The predicted molar refractivity (Wildman–Crippen MR) is 103 cm³/mol. The molecule has 3 heteroatoms. The molecular weight excluding hydrogens is 328 g/mol. The standard InChI is InChI=1S/C22H23ClN2/c23-18-13-11-15(12-14-18)19-21-20(16-7-3-1-4-8-16)25(21)22(24-19)17-9-5-2-6-10-17/h1,3-4,7-8,11-14,17,20-22H,2,5-6,9-10H2/t20-,21-,22-,25?/m1/s1. The van der Waals surface area contributed by atoms with E-state index in [1.54, 1.807) is 0 Å². The fourth-order valence-corrected chi connectivity index (χ4v) is 4.93. The number of hydrogen-bond donors (Lipinski definition) is 0. The molecular formula is C22H23ClN2. The van der Waals surface area contributed by atoms with Gasteiger partial charge in [-0.15, -0.1) is 0 Å². The van der Waals surface area contributed by atoms with E-state index in [9.17, 15) is 0 Å². The Morgan fingerprint density at radius 2 is 1.56 bits per heavy atom. The van der Waals surface area contributed by atoms with Crippen molar-refractivity contribution in [1.29, 1.82) is 0 Å². The maximum absolute atomic E-state index is 6.09. The molecule has 25 heavy (non-hydrogen) atoms. The van der Waals surface area contributed by atoms with E-state index < -0.39 is 0 Å². The van der Waals surface area contributed by atoms with Crippen LogP contribution in [-0.2, 0) is 0 Å². The molecule has 2 nitrogen and oxygen atoms in total. The number of nitrogens with zero attached hydrogens (tertiary/aromatic N) is 2. The van der Waals surface area contributed by atoms with E-state index in [1.165, 1.54) is 48.9 Å². The zero-order valence-corrected chi connectivity index (χ0v) is 15.1. The van der Waals surface area contributed by atoms with Crippen molar-refractivity contribution >= 4 is 17.3 Å². The summed E-state index contributed by atoms with van der Waals surface area (Å²) < 4.78 is 0. The van der Waals surface area contributed by atoms with Crippen LogP contribution in [0.25, 0.3) is 0 Å². The Morgan fingerprint density at radius 1 is 0.840 bits per heavy atom. The van der Waals surface area contributed by atoms with Crippen molar-refractivity contribution in [3.05, 3.63) is 70.7 Å². The molecule has 3 aliphatic rings. The molecule has 0 bridgehead atoms. The summed E-state index contributed by atoms with van der Waals surface area (Å²) in [7, 11) is 0. The molecule has 0 spiro atoms. The second kappa shape index (κ2) is 6.26. The van der Waals surface area contributed by atoms with Crippen LogP contribution in [0.3, 0.4) is 0 Å². The van der Waals surface area contributed by atoms with Gasteiger partial charge in [0.1, 0.15) is 6.17 Å². The third kappa shape index (κ3) is 2.72. The molecule has 2 heterocycles. The van der Waals surface area contributed by atoms with Crippen LogP contribution >= 0.6 is 11.6 Å². The first-order chi connectivity index (χ1) is 12.3. The van der Waals surface area contributed by atoms with Crippen molar-refractivity contribution in [2.45, 2.75) is 50.4 Å². The van der Waals surface area contributed by atoms with Gasteiger partial charge in [0.2, 0.25) is 0 Å². The summed E-state index contributed by atoms with van der Waals surface area (Å²) in [5.74, 6) is 0.717. The smallest absolute Gasteiger partial charge is 0.106 e. The molecule has 4 atom stereocenters. The van der Waals surface area contributed by atoms with Gasteiger partial charge in [-0.2, -0.15) is 0 Å².